The number of allylic oxidation sites excluding steroid dienone is 4. The Bertz CT molecular complexity index is 2280. The zero-order valence-electron chi connectivity index (χ0n) is 36.5. The lowest BCUT2D eigenvalue weighted by Crippen LogP contribution is -2.62. The van der Waals surface area contributed by atoms with Crippen molar-refractivity contribution in [3.63, 3.8) is 0 Å². The van der Waals surface area contributed by atoms with E-state index in [-0.39, 0.29) is 34.4 Å². The molecule has 9 rings (SSSR count). The number of hydrogen-bond donors (Lipinski definition) is 3. The molecule has 7 heteroatoms. The van der Waals surface area contributed by atoms with Crippen LogP contribution in [-0.2, 0) is 21.4 Å². The number of ketones is 1. The number of hydrogen-bond acceptors (Lipinski definition) is 5. The standard InChI is InChI=1S/C51H66N2O5/c1-28(2)41-44(56)39-38-32(35-27-47(4,5)58-48(6,7)40(35)43(38)55)26-33-34-25-31-18-19-36-49(8,22-14-15-29(3)46(57)52-24-21-30-16-12-11-13-17-30)37(54)20-23-50(36,9)51(31,10)45(34)53(41)42(33)39/h14-16,22,26-27,31,36-37,40-41,43,54-55H,1,11-13,17-21,23-25H2,2-10H3,(H,52,57)/b22-14+,29-15+. The van der Waals surface area contributed by atoms with Crippen LogP contribution in [0.15, 0.2) is 59.7 Å². The summed E-state index contributed by atoms with van der Waals surface area (Å²) in [4.78, 5) is 28.1. The van der Waals surface area contributed by atoms with Gasteiger partial charge in [-0.2, -0.15) is 0 Å². The van der Waals surface area contributed by atoms with Gasteiger partial charge in [-0.15, -0.1) is 0 Å². The first-order valence-corrected chi connectivity index (χ1v) is 22.3. The summed E-state index contributed by atoms with van der Waals surface area (Å²) in [7, 11) is 0. The van der Waals surface area contributed by atoms with E-state index in [1.165, 1.54) is 29.7 Å². The summed E-state index contributed by atoms with van der Waals surface area (Å²) >= 11 is 0. The first kappa shape index (κ1) is 39.9. The van der Waals surface area contributed by atoms with Gasteiger partial charge in [-0.25, -0.2) is 0 Å². The molecule has 0 saturated heterocycles. The molecular formula is C51H66N2O5. The van der Waals surface area contributed by atoms with Crippen molar-refractivity contribution in [3.8, 4) is 0 Å². The van der Waals surface area contributed by atoms with Gasteiger partial charge < -0.3 is 24.8 Å². The van der Waals surface area contributed by atoms with Gasteiger partial charge in [0.1, 0.15) is 6.04 Å². The monoisotopic (exact) mass is 786 g/mol. The average Bonchev–Trinajstić information content (AvgIpc) is 3.82. The number of Topliss-reactive ketones (excluding diaryl/α,β-unsaturated/α-hetero) is 1. The summed E-state index contributed by atoms with van der Waals surface area (Å²) in [6.07, 6.45) is 19.6. The van der Waals surface area contributed by atoms with Crippen molar-refractivity contribution in [3.05, 3.63) is 87.7 Å². The molecule has 0 radical (unpaired) electrons. The summed E-state index contributed by atoms with van der Waals surface area (Å²) in [5, 5.41) is 28.4. The lowest BCUT2D eigenvalue weighted by molar-refractivity contribution is -0.144. The Hall–Kier alpha value is -3.52. The third kappa shape index (κ3) is 5.40. The second-order valence-electron chi connectivity index (χ2n) is 21.1. The maximum absolute atomic E-state index is 15.0. The second-order valence-corrected chi connectivity index (χ2v) is 21.1. The number of fused-ring (bicyclic) bond motifs is 11. The van der Waals surface area contributed by atoms with Crippen LogP contribution in [0.3, 0.4) is 0 Å². The third-order valence-electron chi connectivity index (χ3n) is 16.9. The van der Waals surface area contributed by atoms with Crippen molar-refractivity contribution < 1.29 is 24.5 Å². The number of nitrogens with zero attached hydrogens (tertiary/aromatic N) is 1. The zero-order chi connectivity index (χ0) is 41.5. The molecule has 7 nitrogen and oxygen atoms in total. The fourth-order valence-corrected chi connectivity index (χ4v) is 14.2. The molecule has 1 aromatic carbocycles. The van der Waals surface area contributed by atoms with Crippen LogP contribution < -0.4 is 5.32 Å². The molecule has 9 atom stereocenters. The Labute approximate surface area is 345 Å². The number of aliphatic hydroxyl groups is 2. The van der Waals surface area contributed by atoms with Crippen LogP contribution in [0.1, 0.15) is 165 Å². The minimum atomic E-state index is -0.854. The molecule has 0 bridgehead atoms. The molecule has 7 aliphatic rings. The van der Waals surface area contributed by atoms with E-state index in [1.54, 1.807) is 0 Å². The minimum Gasteiger partial charge on any atom is -0.392 e. The smallest absolute Gasteiger partial charge is 0.246 e. The molecule has 5 aliphatic carbocycles. The number of amides is 1. The summed E-state index contributed by atoms with van der Waals surface area (Å²) in [6.45, 7) is 24.4. The van der Waals surface area contributed by atoms with Gasteiger partial charge in [0.15, 0.2) is 5.78 Å². The molecule has 310 valence electrons. The van der Waals surface area contributed by atoms with E-state index < -0.39 is 34.9 Å². The summed E-state index contributed by atoms with van der Waals surface area (Å²) in [5.74, 6) is 0.293. The van der Waals surface area contributed by atoms with Gasteiger partial charge in [0.25, 0.3) is 0 Å². The average molecular weight is 787 g/mol. The van der Waals surface area contributed by atoms with E-state index in [0.29, 0.717) is 30.0 Å². The van der Waals surface area contributed by atoms with Crippen molar-refractivity contribution >= 4 is 28.2 Å². The normalized spacial score (nSPS) is 36.9. The third-order valence-corrected chi connectivity index (χ3v) is 16.9. The summed E-state index contributed by atoms with van der Waals surface area (Å²) < 4.78 is 8.94. The van der Waals surface area contributed by atoms with Crippen LogP contribution >= 0.6 is 0 Å². The number of carbonyl (C=O) groups excluding carboxylic acids is 2. The quantitative estimate of drug-likeness (QED) is 0.147. The van der Waals surface area contributed by atoms with Crippen LogP contribution in [0.25, 0.3) is 16.5 Å². The number of nitrogens with one attached hydrogen (secondary N) is 1. The fraction of sp³-hybridized carbons (Fsp3) is 0.608. The van der Waals surface area contributed by atoms with Gasteiger partial charge in [-0.05, 0) is 152 Å². The first-order chi connectivity index (χ1) is 27.3. The molecule has 1 aromatic heterocycles. The lowest BCUT2D eigenvalue weighted by atomic mass is 9.40. The Balaban J connectivity index is 1.11. The van der Waals surface area contributed by atoms with Gasteiger partial charge >= 0.3 is 0 Å². The fourth-order valence-electron chi connectivity index (χ4n) is 14.2. The number of aliphatic hydroxyl groups excluding tert-OH is 2. The second kappa shape index (κ2) is 13.2. The molecule has 2 aliphatic heterocycles. The molecule has 58 heavy (non-hydrogen) atoms. The number of carbonyl (C=O) groups is 2. The van der Waals surface area contributed by atoms with Crippen LogP contribution in [-0.4, -0.2) is 50.3 Å². The molecule has 2 fully saturated rings. The Morgan fingerprint density at radius 2 is 1.83 bits per heavy atom. The highest BCUT2D eigenvalue weighted by molar-refractivity contribution is 6.18. The van der Waals surface area contributed by atoms with E-state index in [1.807, 2.05) is 26.0 Å². The van der Waals surface area contributed by atoms with Crippen LogP contribution in [0, 0.1) is 28.6 Å². The maximum atomic E-state index is 15.0. The molecule has 3 heterocycles. The van der Waals surface area contributed by atoms with Crippen molar-refractivity contribution in [2.45, 2.75) is 161 Å². The molecule has 2 saturated carbocycles. The van der Waals surface area contributed by atoms with Crippen molar-refractivity contribution in [2.24, 2.45) is 28.6 Å². The Morgan fingerprint density at radius 3 is 2.53 bits per heavy atom. The zero-order valence-corrected chi connectivity index (χ0v) is 36.5. The number of ether oxygens (including phenoxy) is 1. The predicted molar refractivity (Wildman–Crippen MR) is 232 cm³/mol. The maximum Gasteiger partial charge on any atom is 0.246 e. The van der Waals surface area contributed by atoms with E-state index in [0.717, 1.165) is 78.1 Å². The van der Waals surface area contributed by atoms with Crippen molar-refractivity contribution in [1.29, 1.82) is 0 Å². The van der Waals surface area contributed by atoms with Crippen molar-refractivity contribution in [2.75, 3.05) is 6.54 Å². The lowest BCUT2D eigenvalue weighted by Gasteiger charge is -2.64. The molecular weight excluding hydrogens is 721 g/mol. The number of benzene rings is 1. The van der Waals surface area contributed by atoms with Gasteiger partial charge in [0, 0.05) is 45.5 Å². The topological polar surface area (TPSA) is 101 Å². The number of aromatic nitrogens is 1. The van der Waals surface area contributed by atoms with Gasteiger partial charge in [0.2, 0.25) is 5.91 Å². The largest absolute Gasteiger partial charge is 0.392 e. The van der Waals surface area contributed by atoms with Crippen molar-refractivity contribution in [1.82, 2.24) is 9.88 Å². The van der Waals surface area contributed by atoms with E-state index >= 15 is 0 Å². The van der Waals surface area contributed by atoms with Gasteiger partial charge in [0.05, 0.1) is 34.5 Å². The molecule has 0 spiro atoms. The van der Waals surface area contributed by atoms with Crippen LogP contribution in [0.4, 0.5) is 0 Å². The highest BCUT2D eigenvalue weighted by Gasteiger charge is 2.68. The van der Waals surface area contributed by atoms with E-state index in [4.69, 9.17) is 4.74 Å². The highest BCUT2D eigenvalue weighted by Crippen LogP contribution is 2.71. The summed E-state index contributed by atoms with van der Waals surface area (Å²) in [6, 6.07) is 1.79. The number of rotatable bonds is 7. The van der Waals surface area contributed by atoms with Crippen LogP contribution in [0.5, 0.6) is 0 Å². The summed E-state index contributed by atoms with van der Waals surface area (Å²) in [5.41, 5.74) is 7.95. The molecule has 1 amide bonds. The van der Waals surface area contributed by atoms with E-state index in [9.17, 15) is 19.8 Å². The predicted octanol–water partition coefficient (Wildman–Crippen LogP) is 10.1. The van der Waals surface area contributed by atoms with Gasteiger partial charge in [-0.3, -0.25) is 9.59 Å². The van der Waals surface area contributed by atoms with Gasteiger partial charge in [-0.1, -0.05) is 62.8 Å². The van der Waals surface area contributed by atoms with E-state index in [2.05, 4.69) is 89.2 Å². The first-order valence-electron chi connectivity index (χ1n) is 22.3. The molecule has 9 unspecified atom stereocenters. The Morgan fingerprint density at radius 1 is 1.07 bits per heavy atom. The van der Waals surface area contributed by atoms with Crippen LogP contribution in [0.2, 0.25) is 0 Å². The Kier molecular flexibility index (Phi) is 9.11. The SMILES string of the molecule is C=C(C)C1C(=O)c2c3c(cc4c5c(n1c24)C1(C)C(CCC2C(C)(/C=C/C=C(\C)C(=O)NCCC4=CCCCC4)C(O)CCC21C)C5)C1=CC(C)(C)OC(C)(C)C1C3O. The molecule has 3 N–H and O–H groups in total. The minimum absolute atomic E-state index is 0.0390. The highest BCUT2D eigenvalue weighted by atomic mass is 16.5. The molecule has 2 aromatic rings.